The Balaban J connectivity index is 2.58. The molecule has 1 rings (SSSR count). The van der Waals surface area contributed by atoms with E-state index >= 15 is 0 Å². The van der Waals surface area contributed by atoms with Crippen LogP contribution in [0.2, 0.25) is 0 Å². The summed E-state index contributed by atoms with van der Waals surface area (Å²) in [6.45, 7) is 5.28. The quantitative estimate of drug-likeness (QED) is 0.593. The third-order valence-corrected chi connectivity index (χ3v) is 1.24. The molecule has 0 bridgehead atoms. The Kier molecular flexibility index (Phi) is 2.42. The molecule has 0 unspecified atom stereocenters. The molecular weight excluding hydrogens is 158 g/mol. The fourth-order valence-corrected chi connectivity index (χ4v) is 0.568. The molecule has 0 aliphatic heterocycles. The second-order valence-corrected chi connectivity index (χ2v) is 2.83. The summed E-state index contributed by atoms with van der Waals surface area (Å²) in [7, 11) is 0. The van der Waals surface area contributed by atoms with Crippen LogP contribution in [-0.4, -0.2) is 21.1 Å². The fourth-order valence-electron chi connectivity index (χ4n) is 0.568. The van der Waals surface area contributed by atoms with E-state index in [-0.39, 0.29) is 11.9 Å². The van der Waals surface area contributed by atoms with Crippen LogP contribution in [0.4, 0.5) is 0 Å². The number of aryl methyl sites for hydroxylation is 1. The lowest BCUT2D eigenvalue weighted by atomic mass is 10.2. The molecule has 0 radical (unpaired) electrons. The molecule has 0 saturated heterocycles. The molecule has 0 N–H and O–H groups in total. The van der Waals surface area contributed by atoms with Gasteiger partial charge in [0.15, 0.2) is 0 Å². The number of rotatable bonds is 2. The van der Waals surface area contributed by atoms with E-state index in [9.17, 15) is 4.79 Å². The molecule has 5 nitrogen and oxygen atoms in total. The first-order valence-electron chi connectivity index (χ1n) is 3.70. The second kappa shape index (κ2) is 3.34. The number of carbonyl (C=O) groups excluding carboxylic acids is 1. The van der Waals surface area contributed by atoms with Crippen molar-refractivity contribution in [1.29, 1.82) is 0 Å². The first kappa shape index (κ1) is 8.70. The smallest absolute Gasteiger partial charge is 0.318 e. The number of nitrogens with zero attached hydrogens (tertiary/aromatic N) is 3. The van der Waals surface area contributed by atoms with Crippen molar-refractivity contribution in [1.82, 2.24) is 15.2 Å². The van der Waals surface area contributed by atoms with Gasteiger partial charge in [0.1, 0.15) is 0 Å². The number of aromatic nitrogens is 3. The Morgan fingerprint density at radius 3 is 2.75 bits per heavy atom. The predicted octanol–water partition coefficient (Wildman–Crippen LogP) is 0.198. The fraction of sp³-hybridized carbons (Fsp3) is 0.571. The van der Waals surface area contributed by atoms with E-state index in [1.165, 1.54) is 0 Å². The molecule has 0 amide bonds. The van der Waals surface area contributed by atoms with Crippen molar-refractivity contribution >= 4 is 5.97 Å². The number of hydrogen-bond acceptors (Lipinski definition) is 4. The molecule has 66 valence electrons. The van der Waals surface area contributed by atoms with Crippen LogP contribution in [0.1, 0.15) is 19.5 Å². The zero-order valence-electron chi connectivity index (χ0n) is 7.31. The van der Waals surface area contributed by atoms with Gasteiger partial charge in [-0.15, -0.1) is 5.10 Å². The van der Waals surface area contributed by atoms with Crippen molar-refractivity contribution in [2.45, 2.75) is 20.8 Å². The lowest BCUT2D eigenvalue weighted by Gasteiger charge is -2.02. The molecule has 5 heteroatoms. The minimum atomic E-state index is -0.320. The summed E-state index contributed by atoms with van der Waals surface area (Å²) in [5, 5.41) is 7.23. The summed E-state index contributed by atoms with van der Waals surface area (Å²) in [4.78, 5) is 16.9. The number of carbonyl (C=O) groups is 1. The molecule has 0 atom stereocenters. The van der Waals surface area contributed by atoms with Crippen LogP contribution in [-0.2, 0) is 4.79 Å². The van der Waals surface area contributed by atoms with E-state index in [0.717, 1.165) is 4.85 Å². The van der Waals surface area contributed by atoms with Crippen LogP contribution in [0.25, 0.3) is 0 Å². The topological polar surface area (TPSA) is 57.0 Å². The molecule has 0 aliphatic rings. The minimum Gasteiger partial charge on any atom is -0.318 e. The van der Waals surface area contributed by atoms with Crippen LogP contribution >= 0.6 is 0 Å². The Hall–Kier alpha value is -1.39. The van der Waals surface area contributed by atoms with Crippen LogP contribution in [0.5, 0.6) is 0 Å². The summed E-state index contributed by atoms with van der Waals surface area (Å²) >= 11 is 0. The molecule has 1 aromatic heterocycles. The Morgan fingerprint density at radius 2 is 2.33 bits per heavy atom. The lowest BCUT2D eigenvalue weighted by Crippen LogP contribution is -2.24. The van der Waals surface area contributed by atoms with E-state index in [2.05, 4.69) is 10.3 Å². The van der Waals surface area contributed by atoms with Gasteiger partial charge in [0.05, 0.1) is 17.8 Å². The summed E-state index contributed by atoms with van der Waals surface area (Å²) < 4.78 is 0. The van der Waals surface area contributed by atoms with Gasteiger partial charge in [-0.3, -0.25) is 0 Å². The summed E-state index contributed by atoms with van der Waals surface area (Å²) in [6, 6.07) is 0. The van der Waals surface area contributed by atoms with Crippen molar-refractivity contribution < 1.29 is 9.63 Å². The van der Waals surface area contributed by atoms with Gasteiger partial charge in [0.2, 0.25) is 0 Å². The van der Waals surface area contributed by atoms with Crippen LogP contribution < -0.4 is 4.84 Å². The van der Waals surface area contributed by atoms with E-state index in [0.29, 0.717) is 5.69 Å². The van der Waals surface area contributed by atoms with Crippen molar-refractivity contribution in [3.63, 3.8) is 0 Å². The first-order valence-corrected chi connectivity index (χ1v) is 3.70. The zero-order chi connectivity index (χ0) is 9.14. The largest absolute Gasteiger partial charge is 0.337 e. The average molecular weight is 169 g/mol. The van der Waals surface area contributed by atoms with E-state index in [4.69, 9.17) is 4.84 Å². The summed E-state index contributed by atoms with van der Waals surface area (Å²) in [5.74, 6) is -0.477. The standard InChI is InChI=1S/C7H11N3O2/c1-5(2)7(11)12-10-4-6(3)8-9-10/h4-5H,1-3H3. The molecule has 12 heavy (non-hydrogen) atoms. The van der Waals surface area contributed by atoms with Gasteiger partial charge < -0.3 is 4.84 Å². The summed E-state index contributed by atoms with van der Waals surface area (Å²) in [6.07, 6.45) is 1.54. The molecule has 0 aliphatic carbocycles. The first-order chi connectivity index (χ1) is 5.59. The predicted molar refractivity (Wildman–Crippen MR) is 41.2 cm³/mol. The maximum absolute atomic E-state index is 11.0. The van der Waals surface area contributed by atoms with Gasteiger partial charge >= 0.3 is 5.97 Å². The van der Waals surface area contributed by atoms with E-state index in [1.54, 1.807) is 27.0 Å². The second-order valence-electron chi connectivity index (χ2n) is 2.83. The van der Waals surface area contributed by atoms with Gasteiger partial charge in [-0.05, 0) is 12.1 Å². The summed E-state index contributed by atoms with van der Waals surface area (Å²) in [5.41, 5.74) is 0.714. The van der Waals surface area contributed by atoms with Crippen molar-refractivity contribution in [2.24, 2.45) is 5.92 Å². The minimum absolute atomic E-state index is 0.158. The Bertz CT molecular complexity index is 280. The monoisotopic (exact) mass is 169 g/mol. The molecule has 0 aromatic carbocycles. The van der Waals surface area contributed by atoms with E-state index in [1.807, 2.05) is 0 Å². The van der Waals surface area contributed by atoms with Gasteiger partial charge in [0.25, 0.3) is 0 Å². The zero-order valence-corrected chi connectivity index (χ0v) is 7.31. The normalized spacial score (nSPS) is 10.3. The van der Waals surface area contributed by atoms with Crippen molar-refractivity contribution in [2.75, 3.05) is 0 Å². The molecule has 0 saturated carbocycles. The molecule has 0 spiro atoms. The Labute approximate surface area is 70.3 Å². The maximum atomic E-state index is 11.0. The molecule has 1 heterocycles. The highest BCUT2D eigenvalue weighted by Crippen LogP contribution is 1.93. The molecule has 1 aromatic rings. The van der Waals surface area contributed by atoms with Gasteiger partial charge in [0, 0.05) is 0 Å². The third-order valence-electron chi connectivity index (χ3n) is 1.24. The van der Waals surface area contributed by atoms with Crippen LogP contribution in [0.15, 0.2) is 6.20 Å². The van der Waals surface area contributed by atoms with Gasteiger partial charge in [-0.25, -0.2) is 4.79 Å². The highest BCUT2D eigenvalue weighted by atomic mass is 16.7. The lowest BCUT2D eigenvalue weighted by molar-refractivity contribution is -0.149. The van der Waals surface area contributed by atoms with Gasteiger partial charge in [-0.1, -0.05) is 18.7 Å². The van der Waals surface area contributed by atoms with Crippen molar-refractivity contribution in [3.05, 3.63) is 11.9 Å². The highest BCUT2D eigenvalue weighted by molar-refractivity contribution is 5.71. The van der Waals surface area contributed by atoms with Crippen molar-refractivity contribution in [3.8, 4) is 0 Å². The van der Waals surface area contributed by atoms with E-state index < -0.39 is 0 Å². The third kappa shape index (κ3) is 2.05. The molecule has 0 fully saturated rings. The van der Waals surface area contributed by atoms with Crippen LogP contribution in [0, 0.1) is 12.8 Å². The van der Waals surface area contributed by atoms with Crippen LogP contribution in [0.3, 0.4) is 0 Å². The Morgan fingerprint density at radius 1 is 1.67 bits per heavy atom. The molecular formula is C7H11N3O2. The van der Waals surface area contributed by atoms with Gasteiger partial charge in [-0.2, -0.15) is 0 Å². The average Bonchev–Trinajstić information content (AvgIpc) is 2.35. The number of hydrogen-bond donors (Lipinski definition) is 0. The maximum Gasteiger partial charge on any atom is 0.337 e. The highest BCUT2D eigenvalue weighted by Gasteiger charge is 2.10. The SMILES string of the molecule is Cc1cn(OC(=O)C(C)C)nn1.